The van der Waals surface area contributed by atoms with Crippen LogP contribution in [0.3, 0.4) is 0 Å². The van der Waals surface area contributed by atoms with Gasteiger partial charge >= 0.3 is 0 Å². The number of hydrogen-bond donors (Lipinski definition) is 1. The number of unbranched alkanes of at least 4 members (excludes halogenated alkanes) is 1. The van der Waals surface area contributed by atoms with Crippen molar-refractivity contribution >= 4 is 22.7 Å². The molecule has 3 heterocycles. The van der Waals surface area contributed by atoms with Gasteiger partial charge in [-0.05, 0) is 30.5 Å². The van der Waals surface area contributed by atoms with Gasteiger partial charge in [0.2, 0.25) is 12.2 Å². The van der Waals surface area contributed by atoms with Crippen LogP contribution in [0.25, 0.3) is 10.9 Å². The lowest BCUT2D eigenvalue weighted by Gasteiger charge is -2.33. The minimum atomic E-state index is -0.580. The average Bonchev–Trinajstić information content (AvgIpc) is 3.22. The van der Waals surface area contributed by atoms with Gasteiger partial charge in [-0.3, -0.25) is 14.2 Å². The summed E-state index contributed by atoms with van der Waals surface area (Å²) in [7, 11) is 0. The summed E-state index contributed by atoms with van der Waals surface area (Å²) in [5.41, 5.74) is 1.81. The van der Waals surface area contributed by atoms with Gasteiger partial charge in [0.05, 0.1) is 25.3 Å². The van der Waals surface area contributed by atoms with E-state index in [4.69, 9.17) is 19.3 Å². The first kappa shape index (κ1) is 22.5. The Bertz CT molecular complexity index is 992. The summed E-state index contributed by atoms with van der Waals surface area (Å²) in [5.74, 6) is -0.103. The number of aliphatic hydroxyl groups is 1. The fourth-order valence-electron chi connectivity index (χ4n) is 4.24. The molecule has 0 bridgehead atoms. The van der Waals surface area contributed by atoms with Crippen molar-refractivity contribution < 1.29 is 28.9 Å². The molecule has 0 spiro atoms. The van der Waals surface area contributed by atoms with Crippen molar-refractivity contribution in [3.05, 3.63) is 47.9 Å². The van der Waals surface area contributed by atoms with Crippen molar-refractivity contribution in [1.82, 2.24) is 9.47 Å². The van der Waals surface area contributed by atoms with Crippen LogP contribution in [0.15, 0.2) is 42.3 Å². The fourth-order valence-corrected chi connectivity index (χ4v) is 4.24. The molecular formula is C24H30N2O6. The van der Waals surface area contributed by atoms with E-state index in [1.54, 1.807) is 9.47 Å². The minimum absolute atomic E-state index is 0.0649. The molecule has 0 unspecified atom stereocenters. The third-order valence-electron chi connectivity index (χ3n) is 5.90. The van der Waals surface area contributed by atoms with E-state index < -0.39 is 6.29 Å². The Balaban J connectivity index is 1.65. The first-order valence-electron chi connectivity index (χ1n) is 11.2. The molecule has 1 N–H and O–H groups in total. The van der Waals surface area contributed by atoms with Crippen molar-refractivity contribution in [1.29, 1.82) is 0 Å². The van der Waals surface area contributed by atoms with Crippen molar-refractivity contribution in [3.63, 3.8) is 0 Å². The Kier molecular flexibility index (Phi) is 7.24. The molecular weight excluding hydrogens is 412 g/mol. The average molecular weight is 443 g/mol. The maximum atomic E-state index is 13.2. The highest BCUT2D eigenvalue weighted by atomic mass is 16.7. The lowest BCUT2D eigenvalue weighted by molar-refractivity contribution is -0.155. The molecule has 2 atom stereocenters. The molecule has 1 amide bonds. The van der Waals surface area contributed by atoms with Gasteiger partial charge in [0, 0.05) is 50.5 Å². The van der Waals surface area contributed by atoms with Gasteiger partial charge in [0.25, 0.3) is 5.91 Å². The number of amides is 1. The number of aromatic nitrogens is 1. The van der Waals surface area contributed by atoms with E-state index >= 15 is 0 Å². The summed E-state index contributed by atoms with van der Waals surface area (Å²) < 4.78 is 18.9. The molecule has 0 saturated carbocycles. The lowest BCUT2D eigenvalue weighted by atomic mass is 9.92. The maximum absolute atomic E-state index is 13.2. The molecule has 8 heteroatoms. The summed E-state index contributed by atoms with van der Waals surface area (Å²) in [6.07, 6.45) is 5.03. The van der Waals surface area contributed by atoms with Gasteiger partial charge in [0.1, 0.15) is 0 Å². The van der Waals surface area contributed by atoms with E-state index in [0.29, 0.717) is 52.2 Å². The largest absolute Gasteiger partial charge is 0.459 e. The molecule has 8 nitrogen and oxygen atoms in total. The number of allylic oxidation sites excluding steroid dienone is 1. The second-order valence-electron chi connectivity index (χ2n) is 8.12. The monoisotopic (exact) mass is 442 g/mol. The molecule has 1 saturated heterocycles. The first-order valence-corrected chi connectivity index (χ1v) is 11.2. The van der Waals surface area contributed by atoms with Crippen LogP contribution >= 0.6 is 0 Å². The number of benzene rings is 1. The SMILES string of the molecule is CC(=O)n1cc([C@H]2C=C(C(=O)N3CCOCC3)O[C@@H](OCCCCO)C2)c2ccccc21. The topological polar surface area (TPSA) is 90.2 Å². The number of morpholine rings is 1. The summed E-state index contributed by atoms with van der Waals surface area (Å²) in [6, 6.07) is 7.77. The van der Waals surface area contributed by atoms with E-state index in [1.165, 1.54) is 6.92 Å². The molecule has 1 aromatic heterocycles. The van der Waals surface area contributed by atoms with Crippen LogP contribution in [0, 0.1) is 0 Å². The Morgan fingerprint density at radius 1 is 1.19 bits per heavy atom. The summed E-state index contributed by atoms with van der Waals surface area (Å²) in [4.78, 5) is 27.1. The molecule has 0 aliphatic carbocycles. The highest BCUT2D eigenvalue weighted by molar-refractivity contribution is 5.95. The fraction of sp³-hybridized carbons (Fsp3) is 0.500. The third-order valence-corrected chi connectivity index (χ3v) is 5.90. The number of nitrogens with zero attached hydrogens (tertiary/aromatic N) is 2. The normalized spacial score (nSPS) is 21.3. The van der Waals surface area contributed by atoms with Gasteiger partial charge in [0.15, 0.2) is 5.76 Å². The Labute approximate surface area is 187 Å². The van der Waals surface area contributed by atoms with Gasteiger partial charge in [-0.15, -0.1) is 0 Å². The van der Waals surface area contributed by atoms with Crippen molar-refractivity contribution in [3.8, 4) is 0 Å². The highest BCUT2D eigenvalue weighted by Crippen LogP contribution is 2.37. The molecule has 1 fully saturated rings. The Morgan fingerprint density at radius 2 is 1.97 bits per heavy atom. The molecule has 1 aromatic carbocycles. The number of ether oxygens (including phenoxy) is 3. The van der Waals surface area contributed by atoms with Crippen molar-refractivity contribution in [2.45, 2.75) is 38.4 Å². The number of hydrogen-bond acceptors (Lipinski definition) is 6. The van der Waals surface area contributed by atoms with Crippen LogP contribution in [0.2, 0.25) is 0 Å². The third kappa shape index (κ3) is 4.87. The predicted octanol–water partition coefficient (Wildman–Crippen LogP) is 2.66. The Morgan fingerprint density at radius 3 is 2.72 bits per heavy atom. The standard InChI is InChI=1S/C24H30N2O6/c1-17(28)26-16-20(19-6-2-3-7-21(19)26)18-14-22(24(29)25-8-12-30-13-9-25)32-23(15-18)31-11-5-4-10-27/h2-3,6-7,14,16,18,23,27H,4-5,8-13,15H2,1H3/t18-,23+/m0/s1. The summed E-state index contributed by atoms with van der Waals surface area (Å²) in [6.45, 7) is 4.16. The highest BCUT2D eigenvalue weighted by Gasteiger charge is 2.33. The molecule has 4 rings (SSSR count). The number of carbonyl (C=O) groups is 2. The van der Waals surface area contributed by atoms with E-state index in [2.05, 4.69) is 0 Å². The predicted molar refractivity (Wildman–Crippen MR) is 118 cm³/mol. The molecule has 0 radical (unpaired) electrons. The van der Waals surface area contributed by atoms with Crippen LogP contribution in [0.4, 0.5) is 0 Å². The van der Waals surface area contributed by atoms with Crippen LogP contribution in [0.1, 0.15) is 42.5 Å². The van der Waals surface area contributed by atoms with Gasteiger partial charge in [-0.25, -0.2) is 0 Å². The van der Waals surface area contributed by atoms with Crippen LogP contribution in [0.5, 0.6) is 0 Å². The van der Waals surface area contributed by atoms with Crippen LogP contribution in [-0.2, 0) is 19.0 Å². The second kappa shape index (κ2) is 10.3. The zero-order valence-electron chi connectivity index (χ0n) is 18.4. The molecule has 2 aromatic rings. The van der Waals surface area contributed by atoms with E-state index in [0.717, 1.165) is 16.5 Å². The lowest BCUT2D eigenvalue weighted by Crippen LogP contribution is -2.43. The Hall–Kier alpha value is -2.68. The quantitative estimate of drug-likeness (QED) is 0.663. The minimum Gasteiger partial charge on any atom is -0.459 e. The number of para-hydroxylation sites is 1. The van der Waals surface area contributed by atoms with Gasteiger partial charge in [-0.1, -0.05) is 18.2 Å². The molecule has 2 aliphatic heterocycles. The number of rotatable bonds is 7. The van der Waals surface area contributed by atoms with E-state index in [1.807, 2.05) is 36.5 Å². The first-order chi connectivity index (χ1) is 15.6. The smallest absolute Gasteiger partial charge is 0.288 e. The maximum Gasteiger partial charge on any atom is 0.288 e. The van der Waals surface area contributed by atoms with Crippen molar-refractivity contribution in [2.75, 3.05) is 39.5 Å². The van der Waals surface area contributed by atoms with Crippen molar-refractivity contribution in [2.24, 2.45) is 0 Å². The summed E-state index contributed by atoms with van der Waals surface area (Å²) >= 11 is 0. The van der Waals surface area contributed by atoms with Gasteiger partial charge < -0.3 is 24.2 Å². The number of aliphatic hydroxyl groups excluding tert-OH is 1. The van der Waals surface area contributed by atoms with Gasteiger partial charge in [-0.2, -0.15) is 0 Å². The zero-order chi connectivity index (χ0) is 22.5. The molecule has 172 valence electrons. The molecule has 2 aliphatic rings. The summed E-state index contributed by atoms with van der Waals surface area (Å²) in [5, 5.41) is 9.99. The second-order valence-corrected chi connectivity index (χ2v) is 8.12. The van der Waals surface area contributed by atoms with E-state index in [-0.39, 0.29) is 30.1 Å². The van der Waals surface area contributed by atoms with Crippen LogP contribution in [-0.4, -0.2) is 72.2 Å². The van der Waals surface area contributed by atoms with Crippen LogP contribution < -0.4 is 0 Å². The number of fused-ring (bicyclic) bond motifs is 1. The number of carbonyl (C=O) groups excluding carboxylic acids is 2. The van der Waals surface area contributed by atoms with E-state index in [9.17, 15) is 9.59 Å². The molecule has 32 heavy (non-hydrogen) atoms. The zero-order valence-corrected chi connectivity index (χ0v) is 18.4.